The Morgan fingerprint density at radius 3 is 2.85 bits per heavy atom. The van der Waals surface area contributed by atoms with E-state index in [1.54, 1.807) is 32.2 Å². The lowest BCUT2D eigenvalue weighted by atomic mass is 9.71. The van der Waals surface area contributed by atoms with Crippen LogP contribution in [0.2, 0.25) is 0 Å². The Bertz CT molecular complexity index is 1240. The fraction of sp³-hybridized carbons (Fsp3) is 0.346. The van der Waals surface area contributed by atoms with Crippen molar-refractivity contribution in [3.63, 3.8) is 0 Å². The molecule has 2 atom stereocenters. The lowest BCUT2D eigenvalue weighted by Gasteiger charge is -2.55. The second-order valence-corrected chi connectivity index (χ2v) is 8.90. The number of fused-ring (bicyclic) bond motifs is 2. The second-order valence-electron chi connectivity index (χ2n) is 8.90. The van der Waals surface area contributed by atoms with Gasteiger partial charge in [-0.25, -0.2) is 14.4 Å². The van der Waals surface area contributed by atoms with Gasteiger partial charge < -0.3 is 10.1 Å². The molecule has 1 aromatic heterocycles. The molecule has 7 heteroatoms. The number of methoxy groups -OCH3 is 1. The number of likely N-dealkylation sites (tertiary alicyclic amines) is 1. The Morgan fingerprint density at radius 2 is 2.15 bits per heavy atom. The molecule has 33 heavy (non-hydrogen) atoms. The van der Waals surface area contributed by atoms with Crippen molar-refractivity contribution in [1.29, 1.82) is 0 Å². The number of anilines is 2. The van der Waals surface area contributed by atoms with Crippen molar-refractivity contribution in [2.24, 2.45) is 5.92 Å². The number of halogens is 1. The molecule has 1 saturated heterocycles. The Labute approximate surface area is 192 Å². The zero-order valence-corrected chi connectivity index (χ0v) is 18.8. The Morgan fingerprint density at radius 1 is 1.27 bits per heavy atom. The zero-order valence-electron chi connectivity index (χ0n) is 18.8. The van der Waals surface area contributed by atoms with Crippen molar-refractivity contribution in [3.8, 4) is 5.75 Å². The topological polar surface area (TPSA) is 67.4 Å². The van der Waals surface area contributed by atoms with E-state index >= 15 is 0 Å². The molecule has 1 N–H and O–H groups in total. The molecular formula is C26H27FN4O2. The Hall–Kier alpha value is -3.32. The van der Waals surface area contributed by atoms with Gasteiger partial charge in [0.1, 0.15) is 23.7 Å². The molecule has 0 bridgehead atoms. The third-order valence-electron chi connectivity index (χ3n) is 6.78. The van der Waals surface area contributed by atoms with Crippen LogP contribution in [0, 0.1) is 18.7 Å². The molecule has 1 saturated carbocycles. The molecule has 1 aliphatic carbocycles. The van der Waals surface area contributed by atoms with E-state index in [4.69, 9.17) is 4.74 Å². The van der Waals surface area contributed by atoms with E-state index in [-0.39, 0.29) is 18.0 Å². The Balaban J connectivity index is 1.35. The summed E-state index contributed by atoms with van der Waals surface area (Å²) in [4.78, 5) is 23.8. The number of aromatic nitrogens is 2. The smallest absolute Gasteiger partial charge is 0.159 e. The number of ketones is 1. The van der Waals surface area contributed by atoms with E-state index in [0.717, 1.165) is 41.7 Å². The molecular weight excluding hydrogens is 419 g/mol. The quantitative estimate of drug-likeness (QED) is 0.511. The molecule has 2 unspecified atom stereocenters. The minimum absolute atomic E-state index is 0.0267. The van der Waals surface area contributed by atoms with Gasteiger partial charge in [-0.15, -0.1) is 0 Å². The number of rotatable bonds is 8. The van der Waals surface area contributed by atoms with E-state index in [0.29, 0.717) is 22.6 Å². The number of carbonyl (C=O) groups is 1. The first-order valence-corrected chi connectivity index (χ1v) is 11.3. The highest BCUT2D eigenvalue weighted by Crippen LogP contribution is 2.41. The van der Waals surface area contributed by atoms with Crippen molar-refractivity contribution in [2.75, 3.05) is 25.5 Å². The molecule has 0 amide bonds. The van der Waals surface area contributed by atoms with Crippen LogP contribution in [-0.4, -0.2) is 46.9 Å². The van der Waals surface area contributed by atoms with Gasteiger partial charge in [-0.1, -0.05) is 6.08 Å². The number of nitrogens with one attached hydrogen (secondary N) is 1. The summed E-state index contributed by atoms with van der Waals surface area (Å²) in [6.07, 6.45) is 7.99. The third-order valence-corrected chi connectivity index (χ3v) is 6.78. The highest BCUT2D eigenvalue weighted by molar-refractivity contribution is 5.96. The van der Waals surface area contributed by atoms with Crippen LogP contribution in [0.4, 0.5) is 15.9 Å². The maximum absolute atomic E-state index is 13.6. The number of hydrogen-bond acceptors (Lipinski definition) is 6. The first kappa shape index (κ1) is 21.5. The fourth-order valence-electron chi connectivity index (χ4n) is 4.74. The first-order valence-electron chi connectivity index (χ1n) is 11.3. The number of nitrogens with zero attached hydrogens (tertiary/aromatic N) is 3. The van der Waals surface area contributed by atoms with Gasteiger partial charge in [0.05, 0.1) is 12.6 Å². The standard InChI is InChI=1S/C26H27FN4O2/c1-16-10-19(6-7-22(16)27)30-26-21-12-18(25(33-2)13-23(21)28-15-29-26)11-20(32)4-3-9-31-14-17-5-8-24(17)31/h3-4,6-7,10,12-13,15,17,24H,5,8-9,11,14H2,1-2H3,(H,28,29,30)/b4-3+. The molecule has 1 aliphatic heterocycles. The van der Waals surface area contributed by atoms with Crippen molar-refractivity contribution in [1.82, 2.24) is 14.9 Å². The van der Waals surface area contributed by atoms with Crippen LogP contribution in [0.3, 0.4) is 0 Å². The minimum Gasteiger partial charge on any atom is -0.496 e. The maximum atomic E-state index is 13.6. The first-order chi connectivity index (χ1) is 16.0. The van der Waals surface area contributed by atoms with Gasteiger partial charge in [-0.3, -0.25) is 9.69 Å². The monoisotopic (exact) mass is 446 g/mol. The normalized spacial score (nSPS) is 19.7. The van der Waals surface area contributed by atoms with Gasteiger partial charge >= 0.3 is 0 Å². The van der Waals surface area contributed by atoms with Crippen LogP contribution in [0.1, 0.15) is 24.0 Å². The lowest BCUT2D eigenvalue weighted by Crippen LogP contribution is -2.61. The summed E-state index contributed by atoms with van der Waals surface area (Å²) in [7, 11) is 1.59. The van der Waals surface area contributed by atoms with Crippen LogP contribution in [0.5, 0.6) is 5.75 Å². The maximum Gasteiger partial charge on any atom is 0.159 e. The highest BCUT2D eigenvalue weighted by Gasteiger charge is 2.44. The number of hydrogen-bond donors (Lipinski definition) is 1. The summed E-state index contributed by atoms with van der Waals surface area (Å²) >= 11 is 0. The molecule has 6 nitrogen and oxygen atoms in total. The molecule has 0 spiro atoms. The van der Waals surface area contributed by atoms with E-state index in [1.807, 2.05) is 18.2 Å². The number of piperidine rings is 1. The zero-order chi connectivity index (χ0) is 22.9. The molecule has 3 aromatic rings. The third kappa shape index (κ3) is 4.33. The molecule has 2 aliphatic rings. The van der Waals surface area contributed by atoms with Crippen LogP contribution in [0.25, 0.3) is 10.9 Å². The summed E-state index contributed by atoms with van der Waals surface area (Å²) in [6.45, 7) is 3.71. The number of ether oxygens (including phenoxy) is 1. The molecule has 2 heterocycles. The van der Waals surface area contributed by atoms with Crippen molar-refractivity contribution in [2.45, 2.75) is 32.2 Å². The average Bonchev–Trinajstić information content (AvgIpc) is 2.79. The summed E-state index contributed by atoms with van der Waals surface area (Å²) in [6, 6.07) is 9.27. The summed E-state index contributed by atoms with van der Waals surface area (Å²) in [5, 5.41) is 4.01. The molecule has 2 fully saturated rings. The van der Waals surface area contributed by atoms with E-state index in [1.165, 1.54) is 25.2 Å². The SMILES string of the molecule is COc1cc2ncnc(Nc3ccc(F)c(C)c3)c2cc1CC(=O)/C=C/CN1CC2CCC21. The van der Waals surface area contributed by atoms with Crippen LogP contribution >= 0.6 is 0 Å². The number of aryl methyl sites for hydroxylation is 1. The second kappa shape index (κ2) is 8.90. The lowest BCUT2D eigenvalue weighted by molar-refractivity contribution is -0.114. The van der Waals surface area contributed by atoms with E-state index in [9.17, 15) is 9.18 Å². The average molecular weight is 447 g/mol. The van der Waals surface area contributed by atoms with Gasteiger partial charge in [-0.05, 0) is 61.6 Å². The van der Waals surface area contributed by atoms with Crippen LogP contribution in [-0.2, 0) is 11.2 Å². The minimum atomic E-state index is -0.256. The van der Waals surface area contributed by atoms with Gasteiger partial charge in [0.15, 0.2) is 5.78 Å². The predicted molar refractivity (Wildman–Crippen MR) is 126 cm³/mol. The van der Waals surface area contributed by atoms with Crippen LogP contribution in [0.15, 0.2) is 48.8 Å². The molecule has 170 valence electrons. The Kier molecular flexibility index (Phi) is 5.81. The summed E-state index contributed by atoms with van der Waals surface area (Å²) in [5.74, 6) is 1.87. The van der Waals surface area contributed by atoms with Crippen molar-refractivity contribution < 1.29 is 13.9 Å². The predicted octanol–water partition coefficient (Wildman–Crippen LogP) is 4.59. The fourth-order valence-corrected chi connectivity index (χ4v) is 4.74. The number of carbonyl (C=O) groups excluding carboxylic acids is 1. The highest BCUT2D eigenvalue weighted by atomic mass is 19.1. The number of benzene rings is 2. The summed E-state index contributed by atoms with van der Waals surface area (Å²) in [5.41, 5.74) is 2.74. The van der Waals surface area contributed by atoms with Gasteiger partial charge in [0.25, 0.3) is 0 Å². The van der Waals surface area contributed by atoms with Crippen LogP contribution < -0.4 is 10.1 Å². The van der Waals surface area contributed by atoms with Gasteiger partial charge in [0, 0.05) is 48.3 Å². The molecule has 0 radical (unpaired) electrons. The van der Waals surface area contributed by atoms with E-state index < -0.39 is 0 Å². The molecule has 5 rings (SSSR count). The number of allylic oxidation sites excluding steroid dienone is 1. The summed E-state index contributed by atoms with van der Waals surface area (Å²) < 4.78 is 19.2. The van der Waals surface area contributed by atoms with Gasteiger partial charge in [0.2, 0.25) is 0 Å². The van der Waals surface area contributed by atoms with Crippen molar-refractivity contribution in [3.05, 3.63) is 65.8 Å². The van der Waals surface area contributed by atoms with Crippen molar-refractivity contribution >= 4 is 28.2 Å². The largest absolute Gasteiger partial charge is 0.496 e. The molecule has 2 aromatic carbocycles. The van der Waals surface area contributed by atoms with E-state index in [2.05, 4.69) is 20.2 Å². The van der Waals surface area contributed by atoms with Gasteiger partial charge in [-0.2, -0.15) is 0 Å².